The predicted molar refractivity (Wildman–Crippen MR) is 99.5 cm³/mol. The van der Waals surface area contributed by atoms with Crippen LogP contribution >= 0.6 is 11.3 Å². The molecule has 0 aliphatic heterocycles. The van der Waals surface area contributed by atoms with E-state index in [1.54, 1.807) is 0 Å². The van der Waals surface area contributed by atoms with Gasteiger partial charge in [0, 0.05) is 5.56 Å². The first kappa shape index (κ1) is 16.5. The molecule has 1 heterocycles. The fourth-order valence-electron chi connectivity index (χ4n) is 2.65. The summed E-state index contributed by atoms with van der Waals surface area (Å²) >= 11 is 1.53. The second kappa shape index (κ2) is 7.01. The predicted octanol–water partition coefficient (Wildman–Crippen LogP) is 4.61. The summed E-state index contributed by atoms with van der Waals surface area (Å²) < 4.78 is 6.65. The molecule has 0 saturated carbocycles. The summed E-state index contributed by atoms with van der Waals surface area (Å²) in [6.45, 7) is 6.77. The van der Waals surface area contributed by atoms with Crippen molar-refractivity contribution in [1.29, 1.82) is 0 Å². The lowest BCUT2D eigenvalue weighted by Gasteiger charge is -2.06. The molecule has 1 N–H and O–H groups in total. The van der Waals surface area contributed by atoms with Gasteiger partial charge in [-0.3, -0.25) is 4.79 Å². The van der Waals surface area contributed by atoms with Gasteiger partial charge in [0.25, 0.3) is 0 Å². The molecule has 0 radical (unpaired) electrons. The van der Waals surface area contributed by atoms with Crippen LogP contribution in [-0.4, -0.2) is 23.9 Å². The number of para-hydroxylation sites is 1. The fraction of sp³-hybridized carbons (Fsp3) is 0.263. The molecule has 4 nitrogen and oxygen atoms in total. The number of carbonyl (C=O) groups excluding carboxylic acids is 1. The first-order chi connectivity index (χ1) is 11.6. The number of hydrogen-bond acceptors (Lipinski definition) is 5. The number of aryl methyl sites for hydroxylation is 2. The lowest BCUT2D eigenvalue weighted by Crippen LogP contribution is -2.15. The average molecular weight is 340 g/mol. The minimum atomic E-state index is 0.0665. The van der Waals surface area contributed by atoms with E-state index in [0.717, 1.165) is 37.8 Å². The molecule has 5 heteroatoms. The summed E-state index contributed by atoms with van der Waals surface area (Å²) in [6, 6.07) is 11.8. The van der Waals surface area contributed by atoms with Crippen molar-refractivity contribution < 1.29 is 9.53 Å². The summed E-state index contributed by atoms with van der Waals surface area (Å²) in [5.41, 5.74) is 3.76. The molecule has 0 atom stereocenters. The van der Waals surface area contributed by atoms with Gasteiger partial charge in [-0.15, -0.1) is 0 Å². The minimum absolute atomic E-state index is 0.0665. The lowest BCUT2D eigenvalue weighted by atomic mass is 10.0. The van der Waals surface area contributed by atoms with Gasteiger partial charge in [0.15, 0.2) is 10.9 Å². The van der Waals surface area contributed by atoms with Crippen molar-refractivity contribution in [3.63, 3.8) is 0 Å². The van der Waals surface area contributed by atoms with Crippen LogP contribution in [0.4, 0.5) is 5.13 Å². The van der Waals surface area contributed by atoms with E-state index >= 15 is 0 Å². The highest BCUT2D eigenvalue weighted by Crippen LogP contribution is 2.32. The van der Waals surface area contributed by atoms with Crippen LogP contribution in [0.15, 0.2) is 36.4 Å². The summed E-state index contributed by atoms with van der Waals surface area (Å²) in [6.07, 6.45) is 0. The molecule has 0 saturated heterocycles. The molecular weight excluding hydrogens is 320 g/mol. The van der Waals surface area contributed by atoms with Crippen LogP contribution in [0.2, 0.25) is 0 Å². The molecule has 124 valence electrons. The molecule has 3 rings (SSSR count). The van der Waals surface area contributed by atoms with E-state index in [0.29, 0.717) is 6.61 Å². The van der Waals surface area contributed by atoms with E-state index in [-0.39, 0.29) is 12.3 Å². The van der Waals surface area contributed by atoms with Crippen molar-refractivity contribution in [3.05, 3.63) is 53.1 Å². The van der Waals surface area contributed by atoms with Gasteiger partial charge in [-0.25, -0.2) is 4.98 Å². The van der Waals surface area contributed by atoms with Gasteiger partial charge in [0.05, 0.1) is 17.9 Å². The second-order valence-corrected chi connectivity index (χ2v) is 6.68. The van der Waals surface area contributed by atoms with E-state index < -0.39 is 0 Å². The molecule has 0 aliphatic carbocycles. The summed E-state index contributed by atoms with van der Waals surface area (Å²) in [4.78, 5) is 17.0. The molecule has 0 fully saturated rings. The molecule has 0 unspecified atom stereocenters. The van der Waals surface area contributed by atoms with Gasteiger partial charge in [0.2, 0.25) is 0 Å². The molecule has 0 amide bonds. The van der Waals surface area contributed by atoms with Gasteiger partial charge >= 0.3 is 0 Å². The van der Waals surface area contributed by atoms with E-state index in [9.17, 15) is 4.79 Å². The summed E-state index contributed by atoms with van der Waals surface area (Å²) in [5, 5.41) is 3.88. The van der Waals surface area contributed by atoms with Crippen LogP contribution in [0.5, 0.6) is 5.75 Å². The second-order valence-electron chi connectivity index (χ2n) is 5.65. The molecule has 0 spiro atoms. The van der Waals surface area contributed by atoms with E-state index in [1.165, 1.54) is 11.3 Å². The van der Waals surface area contributed by atoms with Gasteiger partial charge in [-0.2, -0.15) is 0 Å². The maximum atomic E-state index is 12.4. The Morgan fingerprint density at radius 3 is 2.83 bits per heavy atom. The lowest BCUT2D eigenvalue weighted by molar-refractivity contribution is 0.101. The number of hydrogen-bond donors (Lipinski definition) is 1. The first-order valence-corrected chi connectivity index (χ1v) is 8.77. The van der Waals surface area contributed by atoms with Crippen LogP contribution in [0.1, 0.15) is 28.4 Å². The van der Waals surface area contributed by atoms with Gasteiger partial charge in [-0.05, 0) is 38.5 Å². The number of anilines is 1. The number of fused-ring (bicyclic) bond motifs is 1. The number of thiazole rings is 1. The standard InChI is InChI=1S/C19H20N2O2S/c1-4-23-16-6-5-7-17-18(16)21-19(24-17)20-11-15(22)14-9-8-12(2)10-13(14)3/h5-10H,4,11H2,1-3H3,(H,20,21). The summed E-state index contributed by atoms with van der Waals surface area (Å²) in [7, 11) is 0. The molecule has 3 aromatic rings. The van der Waals surface area contributed by atoms with Crippen LogP contribution in [-0.2, 0) is 0 Å². The highest BCUT2D eigenvalue weighted by atomic mass is 32.1. The SMILES string of the molecule is CCOc1cccc2sc(NCC(=O)c3ccc(C)cc3C)nc12. The molecule has 1 aromatic heterocycles. The zero-order valence-electron chi connectivity index (χ0n) is 14.1. The van der Waals surface area contributed by atoms with Crippen molar-refractivity contribution in [2.75, 3.05) is 18.5 Å². The van der Waals surface area contributed by atoms with Crippen LogP contribution < -0.4 is 10.1 Å². The number of nitrogens with one attached hydrogen (secondary N) is 1. The zero-order valence-corrected chi connectivity index (χ0v) is 14.9. The van der Waals surface area contributed by atoms with Crippen LogP contribution in [0.3, 0.4) is 0 Å². The molecule has 0 bridgehead atoms. The van der Waals surface area contributed by atoms with Crippen LogP contribution in [0, 0.1) is 13.8 Å². The number of benzene rings is 2. The Labute approximate surface area is 145 Å². The third kappa shape index (κ3) is 3.41. The highest BCUT2D eigenvalue weighted by molar-refractivity contribution is 7.22. The van der Waals surface area contributed by atoms with Crippen molar-refractivity contribution in [2.24, 2.45) is 0 Å². The van der Waals surface area contributed by atoms with E-state index in [2.05, 4.69) is 10.3 Å². The van der Waals surface area contributed by atoms with Crippen molar-refractivity contribution in [2.45, 2.75) is 20.8 Å². The Morgan fingerprint density at radius 1 is 1.25 bits per heavy atom. The minimum Gasteiger partial charge on any atom is -0.492 e. The third-order valence-electron chi connectivity index (χ3n) is 3.76. The Balaban J connectivity index is 1.75. The Bertz CT molecular complexity index is 886. The number of Topliss-reactive ketones (excluding diaryl/α,β-unsaturated/α-hetero) is 1. The quantitative estimate of drug-likeness (QED) is 0.666. The summed E-state index contributed by atoms with van der Waals surface area (Å²) in [5.74, 6) is 0.844. The Hall–Kier alpha value is -2.40. The van der Waals surface area contributed by atoms with Crippen molar-refractivity contribution in [3.8, 4) is 5.75 Å². The number of ether oxygens (including phenoxy) is 1. The fourth-order valence-corrected chi connectivity index (χ4v) is 3.53. The molecule has 0 aliphatic rings. The third-order valence-corrected chi connectivity index (χ3v) is 4.74. The Morgan fingerprint density at radius 2 is 2.08 bits per heavy atom. The van der Waals surface area contributed by atoms with Crippen molar-refractivity contribution >= 4 is 32.5 Å². The smallest absolute Gasteiger partial charge is 0.184 e. The highest BCUT2D eigenvalue weighted by Gasteiger charge is 2.12. The number of ketones is 1. The number of nitrogens with zero attached hydrogens (tertiary/aromatic N) is 1. The van der Waals surface area contributed by atoms with Crippen LogP contribution in [0.25, 0.3) is 10.2 Å². The van der Waals surface area contributed by atoms with E-state index in [4.69, 9.17) is 4.74 Å². The monoisotopic (exact) mass is 340 g/mol. The Kier molecular flexibility index (Phi) is 4.81. The maximum Gasteiger partial charge on any atom is 0.184 e. The molecular formula is C19H20N2O2S. The topological polar surface area (TPSA) is 51.2 Å². The van der Waals surface area contributed by atoms with E-state index in [1.807, 2.05) is 57.2 Å². The van der Waals surface area contributed by atoms with Crippen molar-refractivity contribution in [1.82, 2.24) is 4.98 Å². The normalized spacial score (nSPS) is 10.8. The van der Waals surface area contributed by atoms with Gasteiger partial charge in [0.1, 0.15) is 11.3 Å². The largest absolute Gasteiger partial charge is 0.492 e. The number of carbonyl (C=O) groups is 1. The first-order valence-electron chi connectivity index (χ1n) is 7.95. The van der Waals surface area contributed by atoms with Gasteiger partial charge < -0.3 is 10.1 Å². The molecule has 24 heavy (non-hydrogen) atoms. The number of rotatable bonds is 6. The maximum absolute atomic E-state index is 12.4. The number of aromatic nitrogens is 1. The average Bonchev–Trinajstić information content (AvgIpc) is 2.97. The zero-order chi connectivity index (χ0) is 17.1. The molecule has 2 aromatic carbocycles. The van der Waals surface area contributed by atoms with Gasteiger partial charge in [-0.1, -0.05) is 41.2 Å².